The minimum atomic E-state index is 0.0260. The average Bonchev–Trinajstić information content (AvgIpc) is 2.89. The van der Waals surface area contributed by atoms with Crippen LogP contribution in [0.1, 0.15) is 36.8 Å². The molecule has 0 N–H and O–H groups in total. The van der Waals surface area contributed by atoms with Gasteiger partial charge in [0.1, 0.15) is 11.4 Å². The average molecular weight is 298 g/mol. The van der Waals surface area contributed by atoms with Gasteiger partial charge in [-0.3, -0.25) is 9.48 Å². The number of methoxy groups -OCH3 is 1. The lowest BCUT2D eigenvalue weighted by Gasteiger charge is -2.20. The molecule has 1 aromatic heterocycles. The molecule has 0 bridgehead atoms. The molecule has 2 rings (SSSR count). The summed E-state index contributed by atoms with van der Waals surface area (Å²) in [5.41, 5.74) is 3.36. The number of hydrogen-bond acceptors (Lipinski definition) is 3. The van der Waals surface area contributed by atoms with Crippen molar-refractivity contribution in [2.24, 2.45) is 0 Å². The zero-order chi connectivity index (χ0) is 16.3. The Hall–Kier alpha value is -2.36. The van der Waals surface area contributed by atoms with Crippen LogP contribution in [0.4, 0.5) is 0 Å². The Labute approximate surface area is 131 Å². The molecule has 1 aromatic carbocycles. The van der Waals surface area contributed by atoms with Crippen LogP contribution < -0.4 is 4.74 Å². The standard InChI is InChI=1S/C18H22N2O2/c1-6-9-20-14(12-21)11-16(19-20)15-10-13(18(2,3)4)7-8-17(15)22-5/h6-8,10-12H,1,9H2,2-5H3. The van der Waals surface area contributed by atoms with Gasteiger partial charge in [-0.25, -0.2) is 0 Å². The fraction of sp³-hybridized carbons (Fsp3) is 0.333. The summed E-state index contributed by atoms with van der Waals surface area (Å²) in [5, 5.41) is 4.51. The highest BCUT2D eigenvalue weighted by atomic mass is 16.5. The molecule has 22 heavy (non-hydrogen) atoms. The SMILES string of the molecule is C=CCn1nc(-c2cc(C(C)(C)C)ccc2OC)cc1C=O. The monoisotopic (exact) mass is 298 g/mol. The first-order valence-electron chi connectivity index (χ1n) is 7.23. The van der Waals surface area contributed by atoms with Gasteiger partial charge in [-0.15, -0.1) is 6.58 Å². The van der Waals surface area contributed by atoms with Gasteiger partial charge in [0.15, 0.2) is 6.29 Å². The zero-order valence-electron chi connectivity index (χ0n) is 13.6. The maximum atomic E-state index is 11.2. The van der Waals surface area contributed by atoms with Gasteiger partial charge in [-0.2, -0.15) is 5.10 Å². The summed E-state index contributed by atoms with van der Waals surface area (Å²) in [6.45, 7) is 10.7. The molecular formula is C18H22N2O2. The number of carbonyl (C=O) groups is 1. The van der Waals surface area contributed by atoms with Gasteiger partial charge in [0.05, 0.1) is 19.3 Å². The van der Waals surface area contributed by atoms with Crippen LogP contribution in [-0.2, 0) is 12.0 Å². The number of aromatic nitrogens is 2. The predicted molar refractivity (Wildman–Crippen MR) is 88.5 cm³/mol. The molecule has 1 heterocycles. The first-order chi connectivity index (χ1) is 10.4. The molecule has 0 fully saturated rings. The van der Waals surface area contributed by atoms with E-state index in [0.717, 1.165) is 23.3 Å². The van der Waals surface area contributed by atoms with Crippen LogP contribution in [0.3, 0.4) is 0 Å². The van der Waals surface area contributed by atoms with Gasteiger partial charge in [-0.1, -0.05) is 32.9 Å². The summed E-state index contributed by atoms with van der Waals surface area (Å²) >= 11 is 0. The van der Waals surface area contributed by atoms with E-state index < -0.39 is 0 Å². The molecule has 4 nitrogen and oxygen atoms in total. The van der Waals surface area contributed by atoms with Crippen molar-refractivity contribution in [2.45, 2.75) is 32.7 Å². The lowest BCUT2D eigenvalue weighted by atomic mass is 9.85. The Morgan fingerprint density at radius 1 is 1.32 bits per heavy atom. The van der Waals surface area contributed by atoms with Gasteiger partial charge in [-0.05, 0) is 29.2 Å². The Balaban J connectivity index is 2.59. The zero-order valence-corrected chi connectivity index (χ0v) is 13.6. The van der Waals surface area contributed by atoms with Gasteiger partial charge in [0.25, 0.3) is 0 Å². The third-order valence-corrected chi connectivity index (χ3v) is 3.58. The van der Waals surface area contributed by atoms with Crippen molar-refractivity contribution in [1.82, 2.24) is 9.78 Å². The molecule has 4 heteroatoms. The Morgan fingerprint density at radius 2 is 2.05 bits per heavy atom. The van der Waals surface area contributed by atoms with Crippen LogP contribution in [0.5, 0.6) is 5.75 Å². The second kappa shape index (κ2) is 6.18. The second-order valence-corrected chi connectivity index (χ2v) is 6.21. The summed E-state index contributed by atoms with van der Waals surface area (Å²) in [6, 6.07) is 7.86. The number of rotatable bonds is 5. The molecule has 0 aliphatic carbocycles. The normalized spacial score (nSPS) is 11.3. The topological polar surface area (TPSA) is 44.1 Å². The van der Waals surface area contributed by atoms with Gasteiger partial charge in [0, 0.05) is 5.56 Å². The molecular weight excluding hydrogens is 276 g/mol. The lowest BCUT2D eigenvalue weighted by molar-refractivity contribution is 0.111. The van der Waals surface area contributed by atoms with E-state index in [1.807, 2.05) is 6.07 Å². The summed E-state index contributed by atoms with van der Waals surface area (Å²) in [5.74, 6) is 0.744. The predicted octanol–water partition coefficient (Wildman–Crippen LogP) is 3.85. The van der Waals surface area contributed by atoms with Gasteiger partial charge >= 0.3 is 0 Å². The van der Waals surface area contributed by atoms with Crippen molar-refractivity contribution in [1.29, 1.82) is 0 Å². The Bertz CT molecular complexity index is 694. The molecule has 0 amide bonds. The molecule has 0 aliphatic rings. The molecule has 116 valence electrons. The number of carbonyl (C=O) groups excluding carboxylic acids is 1. The highest BCUT2D eigenvalue weighted by Crippen LogP contribution is 2.34. The van der Waals surface area contributed by atoms with E-state index in [2.05, 4.69) is 44.6 Å². The van der Waals surface area contributed by atoms with E-state index in [0.29, 0.717) is 12.2 Å². The minimum Gasteiger partial charge on any atom is -0.496 e. The van der Waals surface area contributed by atoms with Crippen LogP contribution in [0, 0.1) is 0 Å². The van der Waals surface area contributed by atoms with Crippen molar-refractivity contribution in [3.05, 3.63) is 48.2 Å². The fourth-order valence-corrected chi connectivity index (χ4v) is 2.30. The second-order valence-electron chi connectivity index (χ2n) is 6.21. The van der Waals surface area contributed by atoms with E-state index in [-0.39, 0.29) is 5.41 Å². The molecule has 0 unspecified atom stereocenters. The number of nitrogens with zero attached hydrogens (tertiary/aromatic N) is 2. The van der Waals surface area contributed by atoms with E-state index in [1.165, 1.54) is 5.56 Å². The summed E-state index contributed by atoms with van der Waals surface area (Å²) in [6.07, 6.45) is 2.52. The van der Waals surface area contributed by atoms with Crippen molar-refractivity contribution in [3.63, 3.8) is 0 Å². The molecule has 2 aromatic rings. The Kier molecular flexibility index (Phi) is 4.50. The molecule has 0 saturated heterocycles. The molecule has 0 saturated carbocycles. The van der Waals surface area contributed by atoms with Crippen LogP contribution in [0.25, 0.3) is 11.3 Å². The maximum absolute atomic E-state index is 11.2. The number of allylic oxidation sites excluding steroid dienone is 1. The van der Waals surface area contributed by atoms with E-state index in [1.54, 1.807) is 23.9 Å². The molecule has 0 aliphatic heterocycles. The molecule has 0 spiro atoms. The van der Waals surface area contributed by atoms with E-state index >= 15 is 0 Å². The summed E-state index contributed by atoms with van der Waals surface area (Å²) in [4.78, 5) is 11.2. The fourth-order valence-electron chi connectivity index (χ4n) is 2.30. The van der Waals surface area contributed by atoms with Crippen LogP contribution in [-0.4, -0.2) is 23.2 Å². The number of benzene rings is 1. The third kappa shape index (κ3) is 3.11. The molecule has 0 radical (unpaired) electrons. The van der Waals surface area contributed by atoms with Crippen LogP contribution in [0.15, 0.2) is 36.9 Å². The minimum absolute atomic E-state index is 0.0260. The van der Waals surface area contributed by atoms with Crippen molar-refractivity contribution >= 4 is 6.29 Å². The van der Waals surface area contributed by atoms with E-state index in [9.17, 15) is 4.79 Å². The van der Waals surface area contributed by atoms with Crippen molar-refractivity contribution in [3.8, 4) is 17.0 Å². The van der Waals surface area contributed by atoms with Gasteiger partial charge < -0.3 is 4.74 Å². The smallest absolute Gasteiger partial charge is 0.168 e. The first-order valence-corrected chi connectivity index (χ1v) is 7.23. The number of ether oxygens (including phenoxy) is 1. The largest absolute Gasteiger partial charge is 0.496 e. The third-order valence-electron chi connectivity index (χ3n) is 3.58. The van der Waals surface area contributed by atoms with E-state index in [4.69, 9.17) is 4.74 Å². The first kappa shape index (κ1) is 16.0. The summed E-state index contributed by atoms with van der Waals surface area (Å²) in [7, 11) is 1.64. The number of aldehydes is 1. The van der Waals surface area contributed by atoms with Crippen LogP contribution in [0.2, 0.25) is 0 Å². The van der Waals surface area contributed by atoms with Crippen molar-refractivity contribution in [2.75, 3.05) is 7.11 Å². The lowest BCUT2D eigenvalue weighted by Crippen LogP contribution is -2.11. The Morgan fingerprint density at radius 3 is 2.59 bits per heavy atom. The van der Waals surface area contributed by atoms with Crippen LogP contribution >= 0.6 is 0 Å². The highest BCUT2D eigenvalue weighted by molar-refractivity contribution is 5.77. The van der Waals surface area contributed by atoms with Gasteiger partial charge in [0.2, 0.25) is 0 Å². The highest BCUT2D eigenvalue weighted by Gasteiger charge is 2.18. The summed E-state index contributed by atoms with van der Waals surface area (Å²) < 4.78 is 7.09. The quantitative estimate of drug-likeness (QED) is 0.622. The van der Waals surface area contributed by atoms with Crippen molar-refractivity contribution < 1.29 is 9.53 Å². The number of hydrogen-bond donors (Lipinski definition) is 0. The maximum Gasteiger partial charge on any atom is 0.168 e. The molecule has 0 atom stereocenters.